The Labute approximate surface area is 340 Å². The Kier molecular flexibility index (Phi) is 13.2. The van der Waals surface area contributed by atoms with E-state index in [1.807, 2.05) is 0 Å². The van der Waals surface area contributed by atoms with E-state index in [1.165, 1.54) is 31.3 Å². The van der Waals surface area contributed by atoms with Crippen molar-refractivity contribution in [2.24, 2.45) is 5.92 Å². The Morgan fingerprint density at radius 2 is 1.33 bits per heavy atom. The van der Waals surface area contributed by atoms with E-state index >= 15 is 0 Å². The normalized spacial score (nSPS) is 18.5. The van der Waals surface area contributed by atoms with E-state index in [0.29, 0.717) is 16.7 Å². The summed E-state index contributed by atoms with van der Waals surface area (Å²) in [5, 5.41) is 165. The molecule has 0 aliphatic carbocycles. The summed E-state index contributed by atoms with van der Waals surface area (Å²) >= 11 is 0. The largest absolute Gasteiger partial charge is 0.504 e. The van der Waals surface area contributed by atoms with Crippen LogP contribution in [0.25, 0.3) is 0 Å². The number of Topliss-reactive ketones (excluding diaryl/α,β-unsaturated/α-hetero) is 1. The number of ether oxygens (including phenoxy) is 1. The first kappa shape index (κ1) is 47.2. The number of rotatable bonds is 16. The number of nitrogens with one attached hydrogen (secondary N) is 2. The van der Waals surface area contributed by atoms with Crippen molar-refractivity contribution in [3.05, 3.63) is 70.8 Å². The van der Waals surface area contributed by atoms with Crippen molar-refractivity contribution in [1.82, 2.24) is 15.5 Å². The van der Waals surface area contributed by atoms with E-state index in [2.05, 4.69) is 5.32 Å². The van der Waals surface area contributed by atoms with Crippen molar-refractivity contribution in [3.8, 4) is 34.5 Å². The Morgan fingerprint density at radius 3 is 1.85 bits per heavy atom. The number of carbonyl (C=O) groups is 3. The monoisotopic (exact) mass is 851 g/mol. The summed E-state index contributed by atoms with van der Waals surface area (Å²) in [4.78, 5) is 40.4. The highest BCUT2D eigenvalue weighted by molar-refractivity contribution is 5.88. The summed E-state index contributed by atoms with van der Waals surface area (Å²) in [5.41, 5.74) is -3.92. The van der Waals surface area contributed by atoms with Crippen LogP contribution in [0.4, 0.5) is 4.79 Å². The van der Waals surface area contributed by atoms with Crippen molar-refractivity contribution in [3.63, 3.8) is 0 Å². The van der Waals surface area contributed by atoms with Gasteiger partial charge in [0.05, 0.1) is 6.10 Å². The molecule has 0 saturated carbocycles. The molecule has 3 aromatic carbocycles. The number of aliphatic hydroxyl groups excluding tert-OH is 1. The number of urea groups is 1. The quantitative estimate of drug-likeness (QED) is 0.0394. The number of carbonyl (C=O) groups excluding carboxylic acids is 3. The molecule has 1 fully saturated rings. The van der Waals surface area contributed by atoms with E-state index in [-0.39, 0.29) is 17.1 Å². The third kappa shape index (κ3) is 8.42. The number of aromatic hydroxyl groups is 5. The fraction of sp³-hybridized carbons (Fsp3) is 0.447. The standard InChI is InChI=1S/C38H49N3O19/c1-17(2)25(41-33(50)40-37(56,57)36(54,55)38(41,58)59)32(49)39-21(13-20-11-6-5-7-12-20)14-23(43)34(51,15-22(42)16-60-31-18(3)9-8-10-19(31)4)35(52,53)24-26(44)28(46)30(48)29(47)27(24)45/h5-12,17,21,23,25,43-48,51-59H,13-16H2,1-4H3,(H,39,49)(H,40,50). The first-order valence-electron chi connectivity index (χ1n) is 18.1. The van der Waals surface area contributed by atoms with Crippen LogP contribution in [0.15, 0.2) is 48.5 Å². The van der Waals surface area contributed by atoms with Gasteiger partial charge >= 0.3 is 23.6 Å². The van der Waals surface area contributed by atoms with Crippen molar-refractivity contribution in [2.75, 3.05) is 6.61 Å². The second kappa shape index (κ2) is 16.8. The maximum absolute atomic E-state index is 14.1. The number of para-hydroxylation sites is 1. The first-order valence-corrected chi connectivity index (χ1v) is 18.1. The van der Waals surface area contributed by atoms with Gasteiger partial charge in [0.15, 0.2) is 22.9 Å². The van der Waals surface area contributed by atoms with Gasteiger partial charge < -0.3 is 86.7 Å². The Bertz CT molecular complexity index is 2040. The SMILES string of the molecule is Cc1cccc(C)c1OCC(=O)CC(O)(C(O)CC(Cc1ccccc1)NC(=O)C(C(C)C)N1C(=O)NC(O)(O)C(O)(O)C1(O)O)C(O)(O)c1c(O)c(O)c(O)c(O)c1O. The highest BCUT2D eigenvalue weighted by Gasteiger charge is 2.72. The molecule has 22 nitrogen and oxygen atoms in total. The van der Waals surface area contributed by atoms with Gasteiger partial charge in [-0.1, -0.05) is 62.4 Å². The van der Waals surface area contributed by atoms with Crippen molar-refractivity contribution >= 4 is 17.7 Å². The minimum Gasteiger partial charge on any atom is -0.504 e. The lowest BCUT2D eigenvalue weighted by atomic mass is 9.75. The lowest BCUT2D eigenvalue weighted by Crippen LogP contribution is -2.86. The number of aryl methyl sites for hydroxylation is 2. The predicted octanol–water partition coefficient (Wildman–Crippen LogP) is -2.78. The van der Waals surface area contributed by atoms with Gasteiger partial charge in [-0.05, 0) is 49.3 Å². The van der Waals surface area contributed by atoms with E-state index in [1.54, 1.807) is 50.2 Å². The highest BCUT2D eigenvalue weighted by Crippen LogP contribution is 2.56. The van der Waals surface area contributed by atoms with Crippen LogP contribution in [0.2, 0.25) is 0 Å². The molecule has 330 valence electrons. The van der Waals surface area contributed by atoms with Crippen LogP contribution >= 0.6 is 0 Å². The van der Waals surface area contributed by atoms with E-state index in [0.717, 1.165) is 0 Å². The van der Waals surface area contributed by atoms with Crippen molar-refractivity contribution in [1.29, 1.82) is 0 Å². The summed E-state index contributed by atoms with van der Waals surface area (Å²) in [6.07, 6.45) is -5.58. The number of benzene rings is 3. The number of amides is 3. The summed E-state index contributed by atoms with van der Waals surface area (Å²) < 4.78 is 5.63. The molecule has 3 aromatic rings. The number of ketones is 1. The zero-order valence-electron chi connectivity index (χ0n) is 32.5. The zero-order valence-corrected chi connectivity index (χ0v) is 32.5. The van der Waals surface area contributed by atoms with Crippen molar-refractivity contribution in [2.45, 2.75) is 94.1 Å². The number of phenols is 5. The van der Waals surface area contributed by atoms with Crippen LogP contribution in [0.3, 0.4) is 0 Å². The minimum atomic E-state index is -4.37. The van der Waals surface area contributed by atoms with Gasteiger partial charge in [0.2, 0.25) is 28.9 Å². The molecule has 4 unspecified atom stereocenters. The summed E-state index contributed by atoms with van der Waals surface area (Å²) in [5.74, 6) is -28.7. The van der Waals surface area contributed by atoms with Gasteiger partial charge in [-0.15, -0.1) is 0 Å². The molecule has 1 saturated heterocycles. The van der Waals surface area contributed by atoms with E-state index in [4.69, 9.17) is 4.74 Å². The van der Waals surface area contributed by atoms with Crippen LogP contribution in [-0.2, 0) is 21.8 Å². The Balaban J connectivity index is 1.81. The average molecular weight is 852 g/mol. The third-order valence-corrected chi connectivity index (χ3v) is 10.3. The van der Waals surface area contributed by atoms with Gasteiger partial charge in [0.25, 0.3) is 0 Å². The highest BCUT2D eigenvalue weighted by atomic mass is 16.7. The molecular formula is C38H49N3O19. The molecule has 17 N–H and O–H groups in total. The van der Waals surface area contributed by atoms with Gasteiger partial charge in [0.1, 0.15) is 24.0 Å². The summed E-state index contributed by atoms with van der Waals surface area (Å²) in [6, 6.07) is 7.23. The molecule has 1 heterocycles. The maximum atomic E-state index is 14.1. The molecular weight excluding hydrogens is 802 g/mol. The molecule has 0 aromatic heterocycles. The molecule has 0 bridgehead atoms. The fourth-order valence-corrected chi connectivity index (χ4v) is 6.96. The van der Waals surface area contributed by atoms with Gasteiger partial charge in [-0.25, -0.2) is 4.79 Å². The van der Waals surface area contributed by atoms with Crippen LogP contribution < -0.4 is 15.4 Å². The fourth-order valence-electron chi connectivity index (χ4n) is 6.96. The average Bonchev–Trinajstić information content (AvgIpc) is 3.14. The van der Waals surface area contributed by atoms with Crippen LogP contribution in [0.5, 0.6) is 34.5 Å². The third-order valence-electron chi connectivity index (χ3n) is 10.3. The molecule has 1 aliphatic heterocycles. The number of aliphatic hydroxyl groups is 10. The van der Waals surface area contributed by atoms with E-state index < -0.39 is 125 Å². The van der Waals surface area contributed by atoms with Crippen LogP contribution in [0, 0.1) is 19.8 Å². The number of phenolic OH excluding ortho intramolecular Hbond substituents is 5. The number of hydrogen-bond donors (Lipinski definition) is 17. The molecule has 0 radical (unpaired) electrons. The molecule has 60 heavy (non-hydrogen) atoms. The Morgan fingerprint density at radius 1 is 0.817 bits per heavy atom. The number of hydrogen-bond acceptors (Lipinski definition) is 19. The lowest BCUT2D eigenvalue weighted by molar-refractivity contribution is -0.496. The second-order valence-corrected chi connectivity index (χ2v) is 15.1. The lowest BCUT2D eigenvalue weighted by Gasteiger charge is -2.53. The topological polar surface area (TPSA) is 391 Å². The summed E-state index contributed by atoms with van der Waals surface area (Å²) in [7, 11) is 0. The smallest absolute Gasteiger partial charge is 0.326 e. The van der Waals surface area contributed by atoms with Crippen LogP contribution in [-0.4, -0.2) is 147 Å². The second-order valence-electron chi connectivity index (χ2n) is 15.1. The predicted molar refractivity (Wildman–Crippen MR) is 200 cm³/mol. The molecule has 1 aliphatic rings. The van der Waals surface area contributed by atoms with Gasteiger partial charge in [-0.3, -0.25) is 19.8 Å². The molecule has 0 spiro atoms. The molecule has 4 rings (SSSR count). The summed E-state index contributed by atoms with van der Waals surface area (Å²) in [6.45, 7) is 4.90. The van der Waals surface area contributed by atoms with Crippen LogP contribution in [0.1, 0.15) is 48.9 Å². The maximum Gasteiger partial charge on any atom is 0.326 e. The van der Waals surface area contributed by atoms with Gasteiger partial charge in [0, 0.05) is 12.5 Å². The molecule has 3 amide bonds. The zero-order chi connectivity index (χ0) is 45.5. The molecule has 4 atom stereocenters. The molecule has 22 heteroatoms. The Hall–Kier alpha value is -5.53. The number of nitrogens with zero attached hydrogens (tertiary/aromatic N) is 1. The van der Waals surface area contributed by atoms with Gasteiger partial charge in [-0.2, -0.15) is 0 Å². The van der Waals surface area contributed by atoms with Crippen molar-refractivity contribution < 1.29 is 95.7 Å². The van der Waals surface area contributed by atoms with E-state index in [9.17, 15) is 91.0 Å². The minimum absolute atomic E-state index is 0.222. The first-order chi connectivity index (χ1) is 27.5.